The Hall–Kier alpha value is -1.62. The summed E-state index contributed by atoms with van der Waals surface area (Å²) in [5.74, 6) is -0.0964. The van der Waals surface area contributed by atoms with Crippen LogP contribution in [0, 0.1) is 6.92 Å². The van der Waals surface area contributed by atoms with Crippen molar-refractivity contribution in [2.45, 2.75) is 39.7 Å². The molecule has 0 saturated carbocycles. The number of aromatic nitrogens is 1. The molecule has 1 amide bonds. The van der Waals surface area contributed by atoms with E-state index in [0.717, 1.165) is 28.6 Å². The number of fused-ring (bicyclic) bond motifs is 1. The Bertz CT molecular complexity index is 606. The first-order valence-corrected chi connectivity index (χ1v) is 7.30. The van der Waals surface area contributed by atoms with Crippen molar-refractivity contribution in [1.29, 1.82) is 0 Å². The summed E-state index contributed by atoms with van der Waals surface area (Å²) in [5.41, 5.74) is 7.70. The summed E-state index contributed by atoms with van der Waals surface area (Å²) in [4.78, 5) is 17.9. The lowest BCUT2D eigenvalue weighted by Crippen LogP contribution is -2.32. The Kier molecular flexibility index (Phi) is 4.04. The maximum Gasteiger partial charge on any atom is 0.263 e. The molecule has 2 rings (SSSR count). The molecule has 4 nitrogen and oxygen atoms in total. The van der Waals surface area contributed by atoms with Crippen molar-refractivity contribution in [2.24, 2.45) is 0 Å². The van der Waals surface area contributed by atoms with Gasteiger partial charge in [-0.25, -0.2) is 4.98 Å². The van der Waals surface area contributed by atoms with Crippen LogP contribution in [0.4, 0.5) is 5.69 Å². The monoisotopic (exact) mass is 277 g/mol. The molecule has 19 heavy (non-hydrogen) atoms. The predicted octanol–water partition coefficient (Wildman–Crippen LogP) is 3.11. The van der Waals surface area contributed by atoms with Gasteiger partial charge in [-0.1, -0.05) is 13.3 Å². The zero-order chi connectivity index (χ0) is 14.0. The molecule has 0 bridgehead atoms. The summed E-state index contributed by atoms with van der Waals surface area (Å²) < 4.78 is 0. The number of hydrogen-bond donors (Lipinski definition) is 2. The largest absolute Gasteiger partial charge is 0.397 e. The fraction of sp³-hybridized carbons (Fsp3) is 0.429. The number of pyridine rings is 1. The van der Waals surface area contributed by atoms with Gasteiger partial charge in [-0.2, -0.15) is 0 Å². The van der Waals surface area contributed by atoms with Crippen molar-refractivity contribution in [3.05, 3.63) is 22.7 Å². The van der Waals surface area contributed by atoms with Crippen molar-refractivity contribution in [2.75, 3.05) is 5.73 Å². The molecule has 3 N–H and O–H groups in total. The minimum atomic E-state index is -0.0964. The van der Waals surface area contributed by atoms with E-state index in [1.165, 1.54) is 11.3 Å². The number of nitrogen functional groups attached to an aromatic ring is 1. The molecule has 2 heterocycles. The molecule has 5 heteroatoms. The van der Waals surface area contributed by atoms with Crippen LogP contribution in [0.1, 0.15) is 41.9 Å². The number of thiophene rings is 1. The average molecular weight is 277 g/mol. The molecule has 2 aromatic heterocycles. The molecule has 1 unspecified atom stereocenters. The van der Waals surface area contributed by atoms with Crippen molar-refractivity contribution in [3.8, 4) is 0 Å². The van der Waals surface area contributed by atoms with E-state index in [9.17, 15) is 4.79 Å². The zero-order valence-electron chi connectivity index (χ0n) is 11.5. The number of anilines is 1. The van der Waals surface area contributed by atoms with Crippen LogP contribution in [0.5, 0.6) is 0 Å². The van der Waals surface area contributed by atoms with Crippen molar-refractivity contribution in [3.63, 3.8) is 0 Å². The highest BCUT2D eigenvalue weighted by molar-refractivity contribution is 7.21. The molecule has 2 aromatic rings. The standard InChI is InChI=1S/C14H19N3OS/c1-4-5-9(3)17-13(18)12-11(15)10-8(2)6-7-16-14(10)19-12/h6-7,9H,4-5,15H2,1-3H3,(H,17,18). The van der Waals surface area contributed by atoms with Crippen LogP contribution in [0.15, 0.2) is 12.3 Å². The van der Waals surface area contributed by atoms with Gasteiger partial charge in [0.05, 0.1) is 5.69 Å². The molecule has 0 aliphatic carbocycles. The predicted molar refractivity (Wildman–Crippen MR) is 80.6 cm³/mol. The molecule has 1 atom stereocenters. The van der Waals surface area contributed by atoms with E-state index in [-0.39, 0.29) is 11.9 Å². The van der Waals surface area contributed by atoms with Crippen LogP contribution >= 0.6 is 11.3 Å². The molecular weight excluding hydrogens is 258 g/mol. The quantitative estimate of drug-likeness (QED) is 0.902. The van der Waals surface area contributed by atoms with E-state index in [1.54, 1.807) is 6.20 Å². The van der Waals surface area contributed by atoms with Crippen molar-refractivity contribution >= 4 is 33.1 Å². The van der Waals surface area contributed by atoms with Crippen LogP contribution in [-0.2, 0) is 0 Å². The highest BCUT2D eigenvalue weighted by Crippen LogP contribution is 2.34. The van der Waals surface area contributed by atoms with Crippen LogP contribution in [0.3, 0.4) is 0 Å². The highest BCUT2D eigenvalue weighted by atomic mass is 32.1. The lowest BCUT2D eigenvalue weighted by molar-refractivity contribution is 0.0943. The van der Waals surface area contributed by atoms with Crippen molar-refractivity contribution < 1.29 is 4.79 Å². The van der Waals surface area contributed by atoms with E-state index < -0.39 is 0 Å². The second-order valence-electron chi connectivity index (χ2n) is 4.82. The molecule has 0 aliphatic rings. The van der Waals surface area contributed by atoms with Crippen LogP contribution in [0.2, 0.25) is 0 Å². The first-order valence-electron chi connectivity index (χ1n) is 6.49. The second-order valence-corrected chi connectivity index (χ2v) is 5.82. The van der Waals surface area contributed by atoms with E-state index >= 15 is 0 Å². The van der Waals surface area contributed by atoms with Crippen LogP contribution in [0.25, 0.3) is 10.2 Å². The van der Waals surface area contributed by atoms with Crippen LogP contribution < -0.4 is 11.1 Å². The van der Waals surface area contributed by atoms with Gasteiger partial charge < -0.3 is 11.1 Å². The summed E-state index contributed by atoms with van der Waals surface area (Å²) in [7, 11) is 0. The first kappa shape index (κ1) is 13.8. The molecule has 0 spiro atoms. The minimum Gasteiger partial charge on any atom is -0.397 e. The van der Waals surface area contributed by atoms with Gasteiger partial charge in [0.1, 0.15) is 9.71 Å². The van der Waals surface area contributed by atoms with Gasteiger partial charge in [-0.05, 0) is 31.9 Å². The second kappa shape index (κ2) is 5.57. The Labute approximate surface area is 117 Å². The molecule has 0 aliphatic heterocycles. The molecule has 0 fully saturated rings. The lowest BCUT2D eigenvalue weighted by atomic mass is 10.1. The third-order valence-corrected chi connectivity index (χ3v) is 4.25. The van der Waals surface area contributed by atoms with Gasteiger partial charge in [0.15, 0.2) is 0 Å². The van der Waals surface area contributed by atoms with Crippen molar-refractivity contribution in [1.82, 2.24) is 10.3 Å². The zero-order valence-corrected chi connectivity index (χ0v) is 12.3. The summed E-state index contributed by atoms with van der Waals surface area (Å²) in [6, 6.07) is 2.07. The van der Waals surface area contributed by atoms with Gasteiger partial charge in [-0.15, -0.1) is 11.3 Å². The van der Waals surface area contributed by atoms with Gasteiger partial charge >= 0.3 is 0 Å². The van der Waals surface area contributed by atoms with Gasteiger partial charge in [0, 0.05) is 17.6 Å². The summed E-state index contributed by atoms with van der Waals surface area (Å²) in [6.07, 6.45) is 3.76. The Balaban J connectivity index is 2.33. The molecule has 0 saturated heterocycles. The van der Waals surface area contributed by atoms with E-state index in [2.05, 4.69) is 17.2 Å². The number of nitrogens with two attached hydrogens (primary N) is 1. The number of carbonyl (C=O) groups is 1. The average Bonchev–Trinajstić information content (AvgIpc) is 2.68. The van der Waals surface area contributed by atoms with Gasteiger partial charge in [-0.3, -0.25) is 4.79 Å². The maximum atomic E-state index is 12.2. The lowest BCUT2D eigenvalue weighted by Gasteiger charge is -2.11. The number of nitrogens with zero attached hydrogens (tertiary/aromatic N) is 1. The molecule has 0 aromatic carbocycles. The number of aryl methyl sites for hydroxylation is 1. The Morgan fingerprint density at radius 1 is 1.58 bits per heavy atom. The van der Waals surface area contributed by atoms with Gasteiger partial charge in [0.2, 0.25) is 0 Å². The van der Waals surface area contributed by atoms with Crippen LogP contribution in [-0.4, -0.2) is 16.9 Å². The fourth-order valence-electron chi connectivity index (χ4n) is 2.17. The van der Waals surface area contributed by atoms with Gasteiger partial charge in [0.25, 0.3) is 5.91 Å². The number of carbonyl (C=O) groups excluding carboxylic acids is 1. The number of nitrogens with one attached hydrogen (secondary N) is 1. The normalized spacial score (nSPS) is 12.6. The molecular formula is C14H19N3OS. The van der Waals surface area contributed by atoms with E-state index in [0.29, 0.717) is 10.6 Å². The highest BCUT2D eigenvalue weighted by Gasteiger charge is 2.19. The smallest absolute Gasteiger partial charge is 0.263 e. The third-order valence-electron chi connectivity index (χ3n) is 3.14. The summed E-state index contributed by atoms with van der Waals surface area (Å²) >= 11 is 1.36. The first-order chi connectivity index (χ1) is 9.04. The topological polar surface area (TPSA) is 68.0 Å². The molecule has 0 radical (unpaired) electrons. The summed E-state index contributed by atoms with van der Waals surface area (Å²) in [6.45, 7) is 6.09. The fourth-order valence-corrected chi connectivity index (χ4v) is 3.21. The SMILES string of the molecule is CCCC(C)NC(=O)c1sc2nccc(C)c2c1N. The minimum absolute atomic E-state index is 0.0964. The number of amides is 1. The maximum absolute atomic E-state index is 12.2. The number of hydrogen-bond acceptors (Lipinski definition) is 4. The number of rotatable bonds is 4. The third kappa shape index (κ3) is 2.71. The molecule has 102 valence electrons. The van der Waals surface area contributed by atoms with E-state index in [4.69, 9.17) is 5.73 Å². The van der Waals surface area contributed by atoms with E-state index in [1.807, 2.05) is 19.9 Å². The Morgan fingerprint density at radius 3 is 2.95 bits per heavy atom. The summed E-state index contributed by atoms with van der Waals surface area (Å²) in [5, 5.41) is 3.89. The Morgan fingerprint density at radius 2 is 2.32 bits per heavy atom.